The molecule has 94 valence electrons. The standard InChI is InChI=1S/C11H10BNO2S.C2H6/c14-9-3-6-11(12-7-9)13-8-1-4-10(15-16)5-2-8;1-2/h1-7,13-14,16H;1-2H3. The molecule has 0 amide bonds. The Bertz CT molecular complexity index is 459. The Balaban J connectivity index is 0.000000771. The second-order valence-electron chi connectivity index (χ2n) is 3.29. The van der Waals surface area contributed by atoms with E-state index >= 15 is 0 Å². The molecule has 5 heteroatoms. The van der Waals surface area contributed by atoms with Crippen molar-refractivity contribution in [2.75, 3.05) is 5.32 Å². The molecule has 0 bridgehead atoms. The maximum atomic E-state index is 9.14. The Morgan fingerprint density at radius 2 is 1.78 bits per heavy atom. The van der Waals surface area contributed by atoms with Crippen LogP contribution in [0.1, 0.15) is 13.8 Å². The van der Waals surface area contributed by atoms with E-state index in [-0.39, 0.29) is 5.75 Å². The molecular weight excluding hydrogens is 245 g/mol. The summed E-state index contributed by atoms with van der Waals surface area (Å²) in [6, 6.07) is 10.8. The summed E-state index contributed by atoms with van der Waals surface area (Å²) in [4.78, 5) is 0. The van der Waals surface area contributed by atoms with E-state index in [9.17, 15) is 0 Å². The van der Waals surface area contributed by atoms with Crippen LogP contribution in [0.2, 0.25) is 0 Å². The molecule has 18 heavy (non-hydrogen) atoms. The molecule has 2 N–H and O–H groups in total. The van der Waals surface area contributed by atoms with E-state index in [2.05, 4.69) is 18.2 Å². The molecule has 0 fully saturated rings. The molecule has 3 nitrogen and oxygen atoms in total. The summed E-state index contributed by atoms with van der Waals surface area (Å²) < 4.78 is 4.77. The zero-order chi connectivity index (χ0) is 13.4. The van der Waals surface area contributed by atoms with Crippen LogP contribution in [0.25, 0.3) is 0 Å². The molecule has 0 radical (unpaired) electrons. The summed E-state index contributed by atoms with van der Waals surface area (Å²) >= 11 is 3.71. The van der Waals surface area contributed by atoms with Gasteiger partial charge in [-0.1, -0.05) is 13.8 Å². The van der Waals surface area contributed by atoms with Crippen molar-refractivity contribution in [3.05, 3.63) is 42.4 Å². The van der Waals surface area contributed by atoms with Gasteiger partial charge in [0.15, 0.2) is 0 Å². The van der Waals surface area contributed by atoms with Gasteiger partial charge < -0.3 is 0 Å². The first kappa shape index (κ1) is 14.4. The van der Waals surface area contributed by atoms with Crippen LogP contribution >= 0.6 is 12.9 Å². The molecule has 0 atom stereocenters. The number of nitrogens with one attached hydrogen (secondary N) is 1. The summed E-state index contributed by atoms with van der Waals surface area (Å²) in [6.07, 6.45) is 0. The molecule has 0 unspecified atom stereocenters. The number of hydrogen-bond donors (Lipinski definition) is 3. The fourth-order valence-corrected chi connectivity index (χ4v) is 1.43. The van der Waals surface area contributed by atoms with Crippen LogP contribution in [0.5, 0.6) is 11.5 Å². The zero-order valence-corrected chi connectivity index (χ0v) is 11.3. The topological polar surface area (TPSA) is 41.5 Å². The maximum absolute atomic E-state index is 9.14. The Morgan fingerprint density at radius 3 is 2.28 bits per heavy atom. The van der Waals surface area contributed by atoms with E-state index in [1.165, 1.54) is 0 Å². The van der Waals surface area contributed by atoms with E-state index in [1.54, 1.807) is 25.0 Å². The summed E-state index contributed by atoms with van der Waals surface area (Å²) in [5.41, 5.74) is 1.86. The predicted molar refractivity (Wildman–Crippen MR) is 80.1 cm³/mol. The van der Waals surface area contributed by atoms with Gasteiger partial charge in [0, 0.05) is 0 Å². The number of aromatic hydroxyl groups is 1. The number of rotatable bonds is 3. The molecule has 2 rings (SSSR count). The number of thiol groups is 1. The minimum absolute atomic E-state index is 0.254. The molecule has 1 aromatic heterocycles. The summed E-state index contributed by atoms with van der Waals surface area (Å²) in [7, 11) is 0. The normalized spacial score (nSPS) is 8.83. The Kier molecular flexibility index (Phi) is 6.15. The monoisotopic (exact) mass is 261 g/mol. The fraction of sp³-hybridized carbons (Fsp3) is 0.154. The van der Waals surface area contributed by atoms with Crippen LogP contribution in [-0.4, -0.2) is 12.0 Å². The molecule has 1 heterocycles. The van der Waals surface area contributed by atoms with Crippen molar-refractivity contribution < 1.29 is 9.29 Å². The summed E-state index contributed by atoms with van der Waals surface area (Å²) in [6.45, 7) is 5.80. The van der Waals surface area contributed by atoms with E-state index in [4.69, 9.17) is 9.29 Å². The summed E-state index contributed by atoms with van der Waals surface area (Å²) in [5, 5.41) is 12.3. The van der Waals surface area contributed by atoms with E-state index in [0.717, 1.165) is 11.3 Å². The van der Waals surface area contributed by atoms with Gasteiger partial charge in [0.25, 0.3) is 0 Å². The fourth-order valence-electron chi connectivity index (χ4n) is 1.31. The predicted octanol–water partition coefficient (Wildman–Crippen LogP) is 3.72. The van der Waals surface area contributed by atoms with Gasteiger partial charge >= 0.3 is 99.6 Å². The van der Waals surface area contributed by atoms with Crippen LogP contribution < -0.4 is 9.50 Å². The van der Waals surface area contributed by atoms with Crippen LogP contribution in [0.4, 0.5) is 11.3 Å². The molecule has 2 aromatic rings. The van der Waals surface area contributed by atoms with Crippen molar-refractivity contribution in [1.29, 1.82) is 0 Å². The van der Waals surface area contributed by atoms with Crippen molar-refractivity contribution in [3.63, 3.8) is 0 Å². The molecule has 0 saturated heterocycles. The minimum atomic E-state index is 0.254. The Hall–Kier alpha value is -1.62. The van der Waals surface area contributed by atoms with Crippen LogP contribution in [-0.2, 0) is 0 Å². The molecule has 0 aliphatic heterocycles. The number of hydrogen-bond acceptors (Lipinski definition) is 4. The SMILES string of the molecule is CC.Oc1cbc(Nc2ccc(OS)cc2)cc1. The molecule has 0 spiro atoms. The Morgan fingerprint density at radius 1 is 1.11 bits per heavy atom. The van der Waals surface area contributed by atoms with E-state index in [0.29, 0.717) is 5.75 Å². The van der Waals surface area contributed by atoms with E-state index < -0.39 is 0 Å². The molecular formula is C13H16BNO2S. The van der Waals surface area contributed by atoms with Gasteiger partial charge in [0.1, 0.15) is 0 Å². The van der Waals surface area contributed by atoms with Crippen molar-refractivity contribution in [1.82, 2.24) is 0 Å². The molecule has 0 saturated carbocycles. The van der Waals surface area contributed by atoms with Gasteiger partial charge in [-0.05, 0) is 0 Å². The second kappa shape index (κ2) is 7.66. The zero-order valence-electron chi connectivity index (χ0n) is 10.4. The molecule has 1 aromatic carbocycles. The third-order valence-electron chi connectivity index (χ3n) is 2.12. The van der Waals surface area contributed by atoms with Crippen molar-refractivity contribution in [3.8, 4) is 11.5 Å². The summed E-state index contributed by atoms with van der Waals surface area (Å²) in [5.74, 6) is 2.58. The van der Waals surface area contributed by atoms with Crippen LogP contribution in [0.15, 0.2) is 42.4 Å². The molecule has 0 aliphatic carbocycles. The first-order valence-electron chi connectivity index (χ1n) is 5.75. The second-order valence-corrected chi connectivity index (χ2v) is 3.47. The van der Waals surface area contributed by atoms with Crippen LogP contribution in [0, 0.1) is 0 Å². The first-order chi connectivity index (χ1) is 8.78. The van der Waals surface area contributed by atoms with E-state index in [1.807, 2.05) is 38.1 Å². The average Bonchev–Trinajstić information content (AvgIpc) is 2.44. The average molecular weight is 261 g/mol. The first-order valence-corrected chi connectivity index (χ1v) is 6.12. The van der Waals surface area contributed by atoms with Gasteiger partial charge in [-0.15, -0.1) is 0 Å². The Labute approximate surface area is 114 Å². The van der Waals surface area contributed by atoms with Gasteiger partial charge in [-0.2, -0.15) is 0 Å². The van der Waals surface area contributed by atoms with Gasteiger partial charge in [0.2, 0.25) is 0 Å². The van der Waals surface area contributed by atoms with Crippen LogP contribution in [0.3, 0.4) is 0 Å². The molecule has 0 aliphatic rings. The van der Waals surface area contributed by atoms with Crippen molar-refractivity contribution >= 4 is 31.1 Å². The van der Waals surface area contributed by atoms with Gasteiger partial charge in [-0.3, -0.25) is 0 Å². The third-order valence-corrected chi connectivity index (χ3v) is 2.33. The third kappa shape index (κ3) is 4.33. The van der Waals surface area contributed by atoms with Gasteiger partial charge in [-0.25, -0.2) is 0 Å². The quantitative estimate of drug-likeness (QED) is 0.582. The van der Waals surface area contributed by atoms with Gasteiger partial charge in [0.05, 0.1) is 0 Å². The number of anilines is 2. The van der Waals surface area contributed by atoms with Crippen molar-refractivity contribution in [2.45, 2.75) is 13.8 Å². The number of benzene rings is 1. The van der Waals surface area contributed by atoms with Crippen molar-refractivity contribution in [2.24, 2.45) is 0 Å².